The van der Waals surface area contributed by atoms with Gasteiger partial charge < -0.3 is 5.32 Å². The van der Waals surface area contributed by atoms with Crippen LogP contribution in [-0.2, 0) is 13.0 Å². The first kappa shape index (κ1) is 8.54. The molecule has 1 aliphatic rings. The second-order valence-corrected chi connectivity index (χ2v) is 4.24. The van der Waals surface area contributed by atoms with Gasteiger partial charge in [0.05, 0.1) is 0 Å². The standard InChI is InChI=1S/C9H9BrClN/c10-9-4-7(11)3-6-5-12-2-1-8(6)9/h3-4,12H,1-2,5H2. The van der Waals surface area contributed by atoms with E-state index in [0.717, 1.165) is 29.0 Å². The average Bonchev–Trinajstić information content (AvgIpc) is 2.04. The van der Waals surface area contributed by atoms with Crippen molar-refractivity contribution in [1.29, 1.82) is 0 Å². The number of hydrogen-bond acceptors (Lipinski definition) is 1. The van der Waals surface area contributed by atoms with Crippen LogP contribution in [0.25, 0.3) is 0 Å². The minimum Gasteiger partial charge on any atom is -0.312 e. The Hall–Kier alpha value is -0.0500. The van der Waals surface area contributed by atoms with Gasteiger partial charge in [-0.05, 0) is 36.2 Å². The van der Waals surface area contributed by atoms with E-state index in [-0.39, 0.29) is 0 Å². The largest absolute Gasteiger partial charge is 0.312 e. The zero-order chi connectivity index (χ0) is 8.55. The van der Waals surface area contributed by atoms with Gasteiger partial charge in [0.25, 0.3) is 0 Å². The minimum atomic E-state index is 0.810. The molecule has 0 saturated carbocycles. The second kappa shape index (κ2) is 3.36. The summed E-state index contributed by atoms with van der Waals surface area (Å²) >= 11 is 9.44. The van der Waals surface area contributed by atoms with Gasteiger partial charge >= 0.3 is 0 Å². The molecule has 1 aromatic carbocycles. The molecule has 64 valence electrons. The van der Waals surface area contributed by atoms with E-state index in [1.807, 2.05) is 12.1 Å². The molecule has 1 aromatic rings. The first-order chi connectivity index (χ1) is 5.77. The lowest BCUT2D eigenvalue weighted by molar-refractivity contribution is 0.642. The van der Waals surface area contributed by atoms with E-state index in [0.29, 0.717) is 0 Å². The highest BCUT2D eigenvalue weighted by molar-refractivity contribution is 9.10. The van der Waals surface area contributed by atoms with Crippen molar-refractivity contribution >= 4 is 27.5 Å². The zero-order valence-corrected chi connectivity index (χ0v) is 8.87. The summed E-state index contributed by atoms with van der Waals surface area (Å²) in [5, 5.41) is 4.13. The predicted octanol–water partition coefficient (Wildman–Crippen LogP) is 2.75. The molecule has 0 atom stereocenters. The van der Waals surface area contributed by atoms with E-state index in [4.69, 9.17) is 11.6 Å². The lowest BCUT2D eigenvalue weighted by Crippen LogP contribution is -2.23. The molecule has 3 heteroatoms. The van der Waals surface area contributed by atoms with Gasteiger partial charge in [-0.1, -0.05) is 27.5 Å². The molecule has 12 heavy (non-hydrogen) atoms. The summed E-state index contributed by atoms with van der Waals surface area (Å²) in [6.07, 6.45) is 1.09. The highest BCUT2D eigenvalue weighted by Crippen LogP contribution is 2.27. The molecule has 0 spiro atoms. The number of benzene rings is 1. The van der Waals surface area contributed by atoms with Crippen LogP contribution < -0.4 is 5.32 Å². The van der Waals surface area contributed by atoms with Crippen molar-refractivity contribution in [2.24, 2.45) is 0 Å². The molecular formula is C9H9BrClN. The summed E-state index contributed by atoms with van der Waals surface area (Å²) in [7, 11) is 0. The van der Waals surface area contributed by atoms with E-state index in [1.54, 1.807) is 0 Å². The SMILES string of the molecule is Clc1cc(Br)c2c(c1)CNCC2. The molecule has 0 bridgehead atoms. The Kier molecular flexibility index (Phi) is 2.40. The third-order valence-electron chi connectivity index (χ3n) is 2.12. The Morgan fingerprint density at radius 1 is 1.42 bits per heavy atom. The first-order valence-electron chi connectivity index (χ1n) is 3.95. The van der Waals surface area contributed by atoms with Gasteiger partial charge in [0, 0.05) is 16.0 Å². The van der Waals surface area contributed by atoms with E-state index >= 15 is 0 Å². The van der Waals surface area contributed by atoms with Gasteiger partial charge in [0.15, 0.2) is 0 Å². The Bertz CT molecular complexity index is 312. The van der Waals surface area contributed by atoms with Crippen LogP contribution in [0, 0.1) is 0 Å². The maximum Gasteiger partial charge on any atom is 0.0420 e. The van der Waals surface area contributed by atoms with Gasteiger partial charge in [-0.2, -0.15) is 0 Å². The Morgan fingerprint density at radius 3 is 3.08 bits per heavy atom. The fourth-order valence-corrected chi connectivity index (χ4v) is 2.60. The average molecular weight is 247 g/mol. The lowest BCUT2D eigenvalue weighted by Gasteiger charge is -2.18. The van der Waals surface area contributed by atoms with Gasteiger partial charge in [0.2, 0.25) is 0 Å². The van der Waals surface area contributed by atoms with Crippen LogP contribution in [0.15, 0.2) is 16.6 Å². The molecule has 2 rings (SSSR count). The summed E-state index contributed by atoms with van der Waals surface area (Å²) in [5.74, 6) is 0. The van der Waals surface area contributed by atoms with Crippen LogP contribution >= 0.6 is 27.5 Å². The number of fused-ring (bicyclic) bond motifs is 1. The number of hydrogen-bond donors (Lipinski definition) is 1. The smallest absolute Gasteiger partial charge is 0.0420 e. The maximum atomic E-state index is 5.92. The van der Waals surface area contributed by atoms with Crippen molar-refractivity contribution in [3.05, 3.63) is 32.8 Å². The molecule has 0 aliphatic carbocycles. The molecule has 0 saturated heterocycles. The van der Waals surface area contributed by atoms with Crippen LogP contribution in [0.2, 0.25) is 5.02 Å². The molecule has 0 amide bonds. The van der Waals surface area contributed by atoms with E-state index in [9.17, 15) is 0 Å². The summed E-state index contributed by atoms with van der Waals surface area (Å²) in [4.78, 5) is 0. The summed E-state index contributed by atoms with van der Waals surface area (Å²) in [6.45, 7) is 2.00. The molecule has 1 aliphatic heterocycles. The molecule has 0 aromatic heterocycles. The summed E-state index contributed by atoms with van der Waals surface area (Å²) in [5.41, 5.74) is 2.72. The quantitative estimate of drug-likeness (QED) is 0.742. The topological polar surface area (TPSA) is 12.0 Å². The van der Waals surface area contributed by atoms with Crippen LogP contribution in [0.4, 0.5) is 0 Å². The van der Waals surface area contributed by atoms with Gasteiger partial charge in [0.1, 0.15) is 0 Å². The number of rotatable bonds is 0. The third kappa shape index (κ3) is 1.51. The van der Waals surface area contributed by atoms with Crippen molar-refractivity contribution in [2.45, 2.75) is 13.0 Å². The second-order valence-electron chi connectivity index (χ2n) is 2.95. The Balaban J connectivity index is 2.53. The zero-order valence-electron chi connectivity index (χ0n) is 6.53. The normalized spacial score (nSPS) is 15.8. The highest BCUT2D eigenvalue weighted by Gasteiger charge is 2.11. The molecule has 0 radical (unpaired) electrons. The van der Waals surface area contributed by atoms with E-state index in [1.165, 1.54) is 11.1 Å². The van der Waals surface area contributed by atoms with Crippen molar-refractivity contribution in [2.75, 3.05) is 6.54 Å². The van der Waals surface area contributed by atoms with Crippen LogP contribution in [0.5, 0.6) is 0 Å². The van der Waals surface area contributed by atoms with Crippen molar-refractivity contribution in [3.8, 4) is 0 Å². The summed E-state index contributed by atoms with van der Waals surface area (Å²) < 4.78 is 1.14. The van der Waals surface area contributed by atoms with Crippen LogP contribution in [0.3, 0.4) is 0 Å². The molecule has 1 nitrogen and oxygen atoms in total. The predicted molar refractivity (Wildman–Crippen MR) is 54.6 cm³/mol. The number of nitrogens with one attached hydrogen (secondary N) is 1. The molecular weight excluding hydrogens is 237 g/mol. The third-order valence-corrected chi connectivity index (χ3v) is 3.05. The van der Waals surface area contributed by atoms with E-state index in [2.05, 4.69) is 21.2 Å². The monoisotopic (exact) mass is 245 g/mol. The Labute approximate surface area is 85.2 Å². The van der Waals surface area contributed by atoms with Gasteiger partial charge in [-0.15, -0.1) is 0 Å². The van der Waals surface area contributed by atoms with Crippen LogP contribution in [-0.4, -0.2) is 6.54 Å². The lowest BCUT2D eigenvalue weighted by atomic mass is 10.0. The van der Waals surface area contributed by atoms with Crippen LogP contribution in [0.1, 0.15) is 11.1 Å². The molecule has 0 unspecified atom stereocenters. The van der Waals surface area contributed by atoms with Crippen molar-refractivity contribution < 1.29 is 0 Å². The Morgan fingerprint density at radius 2 is 2.25 bits per heavy atom. The highest BCUT2D eigenvalue weighted by atomic mass is 79.9. The first-order valence-corrected chi connectivity index (χ1v) is 5.12. The van der Waals surface area contributed by atoms with E-state index < -0.39 is 0 Å². The molecule has 0 fully saturated rings. The van der Waals surface area contributed by atoms with Crippen molar-refractivity contribution in [3.63, 3.8) is 0 Å². The molecule has 1 N–H and O–H groups in total. The fourth-order valence-electron chi connectivity index (χ4n) is 1.53. The van der Waals surface area contributed by atoms with Gasteiger partial charge in [-0.3, -0.25) is 0 Å². The van der Waals surface area contributed by atoms with Gasteiger partial charge in [-0.25, -0.2) is 0 Å². The number of halogens is 2. The molecule has 1 heterocycles. The minimum absolute atomic E-state index is 0.810. The summed E-state index contributed by atoms with van der Waals surface area (Å²) in [6, 6.07) is 4.00. The fraction of sp³-hybridized carbons (Fsp3) is 0.333. The van der Waals surface area contributed by atoms with Crippen molar-refractivity contribution in [1.82, 2.24) is 5.32 Å². The maximum absolute atomic E-state index is 5.92.